The molecule has 0 saturated carbocycles. The highest BCUT2D eigenvalue weighted by molar-refractivity contribution is 7.47. The topological polar surface area (TPSA) is 147 Å². The molecule has 29 heavy (non-hydrogen) atoms. The number of nitrogens with one attached hydrogen (secondary N) is 1. The van der Waals surface area contributed by atoms with Crippen LogP contribution in [0.3, 0.4) is 0 Å². The second-order valence-electron chi connectivity index (χ2n) is 6.58. The number of hydrogen-bond acceptors (Lipinski definition) is 9. The number of phosphoric ester groups is 1. The zero-order valence-electron chi connectivity index (χ0n) is 17.6. The molecule has 1 amide bonds. The minimum absolute atomic E-state index is 0.0172. The Morgan fingerprint density at radius 3 is 2.34 bits per heavy atom. The van der Waals surface area contributed by atoms with E-state index >= 15 is 0 Å². The minimum atomic E-state index is -4.47. The molecule has 0 aromatic rings. The molecule has 0 aromatic heterocycles. The van der Waals surface area contributed by atoms with Gasteiger partial charge in [-0.2, -0.15) is 0 Å². The molecule has 0 fully saturated rings. The summed E-state index contributed by atoms with van der Waals surface area (Å²) >= 11 is 0. The molecule has 0 aliphatic rings. The van der Waals surface area contributed by atoms with Crippen LogP contribution in [-0.2, 0) is 42.2 Å². The fourth-order valence-corrected chi connectivity index (χ4v) is 2.80. The molecule has 0 aliphatic carbocycles. The van der Waals surface area contributed by atoms with Crippen molar-refractivity contribution in [3.8, 4) is 0 Å². The van der Waals surface area contributed by atoms with Crippen LogP contribution < -0.4 is 5.32 Å². The number of carbonyl (C=O) groups excluding carboxylic acids is 3. The van der Waals surface area contributed by atoms with E-state index in [0.29, 0.717) is 6.61 Å². The minimum Gasteiger partial charge on any atom is -0.462 e. The van der Waals surface area contributed by atoms with Gasteiger partial charge in [-0.25, -0.2) is 4.57 Å². The van der Waals surface area contributed by atoms with Gasteiger partial charge in [-0.3, -0.25) is 23.4 Å². The van der Waals surface area contributed by atoms with Crippen LogP contribution in [0.5, 0.6) is 0 Å². The maximum atomic E-state index is 11.9. The summed E-state index contributed by atoms with van der Waals surface area (Å²) < 4.78 is 36.6. The molecular weight excluding hydrogens is 409 g/mol. The number of amides is 1. The van der Waals surface area contributed by atoms with Crippen molar-refractivity contribution in [2.75, 3.05) is 33.0 Å². The molecule has 170 valence electrons. The molecule has 0 spiro atoms. The van der Waals surface area contributed by atoms with Gasteiger partial charge in [0, 0.05) is 26.5 Å². The van der Waals surface area contributed by atoms with E-state index < -0.39 is 38.1 Å². The Bertz CT molecular complexity index is 581. The van der Waals surface area contributed by atoms with E-state index in [1.165, 1.54) is 6.92 Å². The fraction of sp³-hybridized carbons (Fsp3) is 0.824. The Labute approximate surface area is 171 Å². The molecule has 0 bridgehead atoms. The van der Waals surface area contributed by atoms with Gasteiger partial charge in [0.05, 0.1) is 25.2 Å². The van der Waals surface area contributed by atoms with Crippen molar-refractivity contribution in [1.82, 2.24) is 5.32 Å². The Balaban J connectivity index is 4.34. The van der Waals surface area contributed by atoms with Crippen LogP contribution in [0.15, 0.2) is 0 Å². The maximum absolute atomic E-state index is 11.9. The van der Waals surface area contributed by atoms with Crippen molar-refractivity contribution in [2.24, 2.45) is 0 Å². The average molecular weight is 441 g/mol. The number of phosphoric acid groups is 1. The molecule has 2 N–H and O–H groups in total. The maximum Gasteiger partial charge on any atom is 0.472 e. The third-order valence-corrected chi connectivity index (χ3v) is 4.27. The monoisotopic (exact) mass is 441 g/mol. The number of ether oxygens (including phenoxy) is 3. The van der Waals surface area contributed by atoms with Crippen LogP contribution in [0.4, 0.5) is 0 Å². The Morgan fingerprint density at radius 2 is 1.79 bits per heavy atom. The SMILES string of the molecule is CCOC(C)(C)CC(=O)NCCOP(=O)(O)OCC(COC(C)=O)OC(=O)CC. The molecule has 2 unspecified atom stereocenters. The van der Waals surface area contributed by atoms with E-state index in [-0.39, 0.29) is 38.5 Å². The van der Waals surface area contributed by atoms with Gasteiger partial charge >= 0.3 is 19.8 Å². The lowest BCUT2D eigenvalue weighted by Gasteiger charge is -2.23. The normalized spacial score (nSPS) is 14.6. The van der Waals surface area contributed by atoms with E-state index in [9.17, 15) is 23.8 Å². The number of rotatable bonds is 15. The summed E-state index contributed by atoms with van der Waals surface area (Å²) in [4.78, 5) is 43.8. The summed E-state index contributed by atoms with van der Waals surface area (Å²) in [6.45, 7) is 7.45. The highest BCUT2D eigenvalue weighted by Gasteiger charge is 2.26. The lowest BCUT2D eigenvalue weighted by molar-refractivity contribution is -0.159. The first-order valence-corrected chi connectivity index (χ1v) is 10.8. The van der Waals surface area contributed by atoms with Crippen molar-refractivity contribution in [1.29, 1.82) is 0 Å². The van der Waals surface area contributed by atoms with E-state index in [0.717, 1.165) is 0 Å². The Kier molecular flexibility index (Phi) is 12.9. The first kappa shape index (κ1) is 27.5. The van der Waals surface area contributed by atoms with E-state index in [1.54, 1.807) is 20.8 Å². The molecule has 12 heteroatoms. The average Bonchev–Trinajstić information content (AvgIpc) is 2.60. The van der Waals surface area contributed by atoms with E-state index in [4.69, 9.17) is 23.3 Å². The van der Waals surface area contributed by atoms with Crippen molar-refractivity contribution in [3.05, 3.63) is 0 Å². The second kappa shape index (κ2) is 13.7. The largest absolute Gasteiger partial charge is 0.472 e. The Morgan fingerprint density at radius 1 is 1.14 bits per heavy atom. The molecule has 2 atom stereocenters. The molecule has 0 saturated heterocycles. The van der Waals surface area contributed by atoms with Gasteiger partial charge in [-0.15, -0.1) is 0 Å². The van der Waals surface area contributed by atoms with Crippen LogP contribution in [-0.4, -0.2) is 67.4 Å². The zero-order valence-corrected chi connectivity index (χ0v) is 18.5. The molecule has 11 nitrogen and oxygen atoms in total. The standard InChI is InChI=1S/C17H32NO10P/c1-6-16(21)28-14(11-24-13(3)19)12-27-29(22,23)26-9-8-18-15(20)10-17(4,5)25-7-2/h14H,6-12H2,1-5H3,(H,18,20)(H,22,23). The van der Waals surface area contributed by atoms with Crippen LogP contribution in [0, 0.1) is 0 Å². The smallest absolute Gasteiger partial charge is 0.462 e. The lowest BCUT2D eigenvalue weighted by atomic mass is 10.0. The molecule has 0 radical (unpaired) electrons. The third kappa shape index (κ3) is 15.0. The third-order valence-electron chi connectivity index (χ3n) is 3.28. The van der Waals surface area contributed by atoms with Gasteiger partial charge in [0.25, 0.3) is 0 Å². The summed E-state index contributed by atoms with van der Waals surface area (Å²) in [6.07, 6.45) is -0.866. The molecule has 0 aromatic carbocycles. The van der Waals surface area contributed by atoms with Gasteiger partial charge in [0.15, 0.2) is 6.10 Å². The molecular formula is C17H32NO10P. The second-order valence-corrected chi connectivity index (χ2v) is 8.04. The van der Waals surface area contributed by atoms with Crippen molar-refractivity contribution in [2.45, 2.75) is 59.2 Å². The summed E-state index contributed by atoms with van der Waals surface area (Å²) in [6, 6.07) is 0. The summed E-state index contributed by atoms with van der Waals surface area (Å²) in [5.41, 5.74) is -0.623. The van der Waals surface area contributed by atoms with Crippen LogP contribution in [0.2, 0.25) is 0 Å². The fourth-order valence-electron chi connectivity index (χ4n) is 2.05. The number of hydrogen-bond donors (Lipinski definition) is 2. The number of esters is 2. The molecule has 0 aliphatic heterocycles. The lowest BCUT2D eigenvalue weighted by Crippen LogP contribution is -2.35. The summed E-state index contributed by atoms with van der Waals surface area (Å²) in [7, 11) is -4.47. The van der Waals surface area contributed by atoms with Crippen molar-refractivity contribution >= 4 is 25.7 Å². The van der Waals surface area contributed by atoms with Crippen molar-refractivity contribution < 1.29 is 47.1 Å². The Hall–Kier alpha value is -1.52. The predicted molar refractivity (Wildman–Crippen MR) is 102 cm³/mol. The summed E-state index contributed by atoms with van der Waals surface area (Å²) in [5, 5.41) is 2.54. The quantitative estimate of drug-likeness (QED) is 0.217. The van der Waals surface area contributed by atoms with Crippen molar-refractivity contribution in [3.63, 3.8) is 0 Å². The van der Waals surface area contributed by atoms with Crippen LogP contribution in [0.1, 0.15) is 47.5 Å². The molecule has 0 rings (SSSR count). The first-order valence-electron chi connectivity index (χ1n) is 9.26. The van der Waals surface area contributed by atoms with Gasteiger partial charge in [0.1, 0.15) is 6.61 Å². The van der Waals surface area contributed by atoms with Gasteiger partial charge in [-0.05, 0) is 20.8 Å². The predicted octanol–water partition coefficient (Wildman–Crippen LogP) is 1.33. The first-order chi connectivity index (χ1) is 13.4. The zero-order chi connectivity index (χ0) is 22.5. The van der Waals surface area contributed by atoms with Gasteiger partial charge < -0.3 is 24.4 Å². The van der Waals surface area contributed by atoms with Crippen LogP contribution in [0.25, 0.3) is 0 Å². The van der Waals surface area contributed by atoms with Gasteiger partial charge in [-0.1, -0.05) is 6.92 Å². The van der Waals surface area contributed by atoms with Crippen LogP contribution >= 0.6 is 7.82 Å². The van der Waals surface area contributed by atoms with E-state index in [1.807, 2.05) is 6.92 Å². The molecule has 0 heterocycles. The summed E-state index contributed by atoms with van der Waals surface area (Å²) in [5.74, 6) is -1.49. The number of carbonyl (C=O) groups is 3. The van der Waals surface area contributed by atoms with Gasteiger partial charge in [0.2, 0.25) is 5.91 Å². The highest BCUT2D eigenvalue weighted by Crippen LogP contribution is 2.43. The van der Waals surface area contributed by atoms with E-state index in [2.05, 4.69) is 5.32 Å². The highest BCUT2D eigenvalue weighted by atomic mass is 31.2.